The first-order chi connectivity index (χ1) is 42.3. The van der Waals surface area contributed by atoms with E-state index in [4.69, 9.17) is 10.4 Å². The SMILES string of the molecule is BrCc1ccccc1.C.C.C.C.C.C.CC.CC#N.CCO.Ic1ccncc1.PN1CC(C2=CCN(Cc3ccccc3)CC2)C1.PN1CC(C2CCNCC2)C1.PN1CC(I)C1.PN1CC(c2cc[n+](Cc3ccccc3)cc2)C1.PN1CC(c2ccncc2)C1.[Br-]. The van der Waals surface area contributed by atoms with Gasteiger partial charge in [-0.3, -0.25) is 38.2 Å². The topological polar surface area (TPSA) is 105 Å². The molecule has 0 saturated carbocycles. The molecule has 13 rings (SSSR count). The highest BCUT2D eigenvalue weighted by Gasteiger charge is 2.32. The fraction of sp³-hybridized carbons (Fsp3) is 0.507. The van der Waals surface area contributed by atoms with Gasteiger partial charge in [-0.15, -0.1) is 0 Å². The molecule has 0 spiro atoms. The van der Waals surface area contributed by atoms with E-state index in [1.165, 1.54) is 116 Å². The Morgan fingerprint density at radius 2 is 0.968 bits per heavy atom. The quantitative estimate of drug-likeness (QED) is 0.0475. The van der Waals surface area contributed by atoms with Crippen LogP contribution >= 0.6 is 108 Å². The van der Waals surface area contributed by atoms with E-state index in [-0.39, 0.29) is 68.1 Å². The Hall–Kier alpha value is -1.41. The minimum absolute atomic E-state index is 0. The van der Waals surface area contributed by atoms with Gasteiger partial charge in [-0.05, 0) is 120 Å². The van der Waals surface area contributed by atoms with Crippen molar-refractivity contribution in [1.29, 1.82) is 5.26 Å². The highest BCUT2D eigenvalue weighted by Crippen LogP contribution is 2.33. The lowest BCUT2D eigenvalue weighted by atomic mass is 9.81. The summed E-state index contributed by atoms with van der Waals surface area (Å²) in [5.41, 5.74) is 8.66. The summed E-state index contributed by atoms with van der Waals surface area (Å²) in [6, 6.07) is 46.0. The summed E-state index contributed by atoms with van der Waals surface area (Å²) < 4.78 is 15.8. The maximum Gasteiger partial charge on any atom is 0.173 e. The number of pyridine rings is 3. The second-order valence-electron chi connectivity index (χ2n) is 21.9. The minimum atomic E-state index is 0. The van der Waals surface area contributed by atoms with Crippen LogP contribution in [0.2, 0.25) is 0 Å². The van der Waals surface area contributed by atoms with Crippen molar-refractivity contribution in [3.63, 3.8) is 0 Å². The van der Waals surface area contributed by atoms with E-state index >= 15 is 0 Å². The van der Waals surface area contributed by atoms with E-state index < -0.39 is 0 Å². The van der Waals surface area contributed by atoms with Gasteiger partial charge >= 0.3 is 0 Å². The van der Waals surface area contributed by atoms with Crippen molar-refractivity contribution < 1.29 is 26.7 Å². The molecule has 21 heteroatoms. The molecule has 3 aromatic carbocycles. The molecule has 0 aliphatic carbocycles. The molecule has 12 nitrogen and oxygen atoms in total. The van der Waals surface area contributed by atoms with E-state index in [1.54, 1.807) is 31.0 Å². The zero-order valence-electron chi connectivity index (χ0n) is 52.3. The number of aliphatic hydroxyl groups excluding tert-OH is 1. The third-order valence-corrected chi connectivity index (χ3v) is 19.4. The number of piperidine rings is 1. The molecule has 7 aliphatic rings. The van der Waals surface area contributed by atoms with E-state index in [2.05, 4.69) is 272 Å². The second kappa shape index (κ2) is 60.4. The van der Waals surface area contributed by atoms with Crippen LogP contribution in [0.3, 0.4) is 0 Å². The lowest BCUT2D eigenvalue weighted by Crippen LogP contribution is -3.00. The molecular weight excluding hydrogens is 1620 g/mol. The van der Waals surface area contributed by atoms with Crippen LogP contribution in [0.5, 0.6) is 0 Å². The average Bonchev–Trinajstić information content (AvgIpc) is 0.876. The largest absolute Gasteiger partial charge is 1.00 e. The molecule has 5 atom stereocenters. The summed E-state index contributed by atoms with van der Waals surface area (Å²) in [5.74, 6) is 4.31. The van der Waals surface area contributed by atoms with Crippen molar-refractivity contribution in [3.05, 3.63) is 208 Å². The fourth-order valence-electron chi connectivity index (χ4n) is 10.1. The molecule has 0 bridgehead atoms. The Labute approximate surface area is 633 Å². The van der Waals surface area contributed by atoms with Crippen molar-refractivity contribution >= 4 is 108 Å². The fourth-order valence-corrected chi connectivity index (χ4v) is 15.2. The Morgan fingerprint density at radius 3 is 1.31 bits per heavy atom. The number of alkyl halides is 2. The summed E-state index contributed by atoms with van der Waals surface area (Å²) >= 11 is 8.05. The standard InChI is InChI=1S/C15H21N2P.C15H18N2P.C8H17N2P.C8H11N2P.C7H7Br.C5H4IN.C3H7INP.C2H3N.C2H6O.C2H6.6CH4.BrH/c2*18-17-11-15(12-17)14-6-8-16(9-7-14)10-13-4-2-1-3-5-13;2*11-10-5-8(6-10)7-1-3-9-4-2-7;8-6-7-4-2-1-3-5-7;6-5-1-3-7-4-2-5;4-3-1-5(6)2-3;2*1-2-3;1-2;;;;;;;/h1-6,15H,7-12,18H2;1-9,15H,10-12,18H2;7-9H,1-6,11H2;1-4,8H,5-6,11H2;1-5H,6H2;1-4H;3H,1-2,6H2;1H3;3H,2H2,1H3;1-2H3;6*1H4;1H/q;+1;;;;;;;;;;;;;;;/p-1. The molecule has 6 fully saturated rings. The molecule has 94 heavy (non-hydrogen) atoms. The average molecular weight is 1740 g/mol. The molecular formula is C73H124Br2I2N11OP5. The number of nitriles is 1. The van der Waals surface area contributed by atoms with Crippen LogP contribution in [0.25, 0.3) is 0 Å². The predicted molar refractivity (Wildman–Crippen MR) is 445 cm³/mol. The minimum Gasteiger partial charge on any atom is -1.00 e. The molecule has 10 heterocycles. The summed E-state index contributed by atoms with van der Waals surface area (Å²) in [6.07, 6.45) is 18.2. The van der Waals surface area contributed by atoms with Gasteiger partial charge < -0.3 is 27.4 Å². The molecule has 7 aliphatic heterocycles. The maximum atomic E-state index is 7.57. The van der Waals surface area contributed by atoms with Gasteiger partial charge in [0.1, 0.15) is 0 Å². The molecule has 6 aromatic rings. The van der Waals surface area contributed by atoms with Crippen molar-refractivity contribution in [2.75, 3.05) is 98.2 Å². The van der Waals surface area contributed by atoms with Gasteiger partial charge in [0.25, 0.3) is 0 Å². The van der Waals surface area contributed by atoms with Gasteiger partial charge in [0, 0.05) is 172 Å². The van der Waals surface area contributed by atoms with Crippen LogP contribution < -0.4 is 26.9 Å². The number of benzene rings is 3. The lowest BCUT2D eigenvalue weighted by Gasteiger charge is -2.42. The van der Waals surface area contributed by atoms with Crippen molar-refractivity contribution in [2.24, 2.45) is 17.8 Å². The zero-order chi connectivity index (χ0) is 63.0. The predicted octanol–water partition coefficient (Wildman–Crippen LogP) is 14.3. The van der Waals surface area contributed by atoms with Crippen molar-refractivity contribution in [3.8, 4) is 6.07 Å². The Morgan fingerprint density at radius 1 is 0.585 bits per heavy atom. The van der Waals surface area contributed by atoms with Crippen LogP contribution in [0, 0.1) is 32.7 Å². The highest BCUT2D eigenvalue weighted by atomic mass is 127. The van der Waals surface area contributed by atoms with E-state index in [0.29, 0.717) is 5.92 Å². The third-order valence-electron chi connectivity index (χ3n) is 15.1. The monoisotopic (exact) mass is 1740 g/mol. The first-order valence-corrected chi connectivity index (χ1v) is 36.6. The van der Waals surface area contributed by atoms with E-state index in [1.807, 2.05) is 56.6 Å². The normalized spacial score (nSPS) is 16.8. The molecule has 5 unspecified atom stereocenters. The lowest BCUT2D eigenvalue weighted by molar-refractivity contribution is -0.688. The zero-order valence-corrected chi connectivity index (χ0v) is 65.6. The Balaban J connectivity index is -0.000000500. The van der Waals surface area contributed by atoms with Gasteiger partial charge in [0.2, 0.25) is 0 Å². The number of nitrogens with one attached hydrogen (secondary N) is 1. The summed E-state index contributed by atoms with van der Waals surface area (Å²) in [4.78, 5) is 10.4. The van der Waals surface area contributed by atoms with Gasteiger partial charge in [-0.2, -0.15) is 5.26 Å². The first kappa shape index (κ1) is 99.0. The second-order valence-corrected chi connectivity index (χ2v) is 29.2. The van der Waals surface area contributed by atoms with Gasteiger partial charge in [0.15, 0.2) is 18.9 Å². The molecule has 2 N–H and O–H groups in total. The molecule has 3 aromatic heterocycles. The first-order valence-electron chi connectivity index (χ1n) is 30.6. The number of hydrogen-bond acceptors (Lipinski definition) is 11. The van der Waals surface area contributed by atoms with Crippen molar-refractivity contribution in [1.82, 2.24) is 43.5 Å². The molecule has 6 saturated heterocycles. The van der Waals surface area contributed by atoms with Crippen LogP contribution in [0.15, 0.2) is 176 Å². The smallest absolute Gasteiger partial charge is 0.173 e. The Bertz CT molecular complexity index is 2710. The summed E-state index contributed by atoms with van der Waals surface area (Å²) in [7, 11) is 13.7. The number of hydrogen-bond donors (Lipinski definition) is 2. The summed E-state index contributed by atoms with van der Waals surface area (Å²) in [5, 5.41) is 19.3. The van der Waals surface area contributed by atoms with Crippen molar-refractivity contribution in [2.45, 2.75) is 126 Å². The summed E-state index contributed by atoms with van der Waals surface area (Å²) in [6.45, 7) is 26.5. The van der Waals surface area contributed by atoms with Crippen LogP contribution in [0.1, 0.15) is 131 Å². The van der Waals surface area contributed by atoms with Crippen LogP contribution in [-0.2, 0) is 18.4 Å². The van der Waals surface area contributed by atoms with E-state index in [0.717, 1.165) is 78.7 Å². The number of halogens is 4. The van der Waals surface area contributed by atoms with Gasteiger partial charge in [-0.1, -0.05) is 247 Å². The number of aromatic nitrogens is 3. The number of aliphatic hydroxyl groups is 1. The molecule has 0 radical (unpaired) electrons. The van der Waals surface area contributed by atoms with Gasteiger partial charge in [0.05, 0.1) is 6.07 Å². The Kier molecular flexibility index (Phi) is 63.6. The third kappa shape index (κ3) is 41.4. The molecule has 530 valence electrons. The van der Waals surface area contributed by atoms with Gasteiger partial charge in [-0.25, -0.2) is 4.57 Å². The maximum absolute atomic E-state index is 7.57. The highest BCUT2D eigenvalue weighted by molar-refractivity contribution is 14.1. The van der Waals surface area contributed by atoms with Crippen LogP contribution in [-0.4, -0.2) is 145 Å². The molecule has 0 amide bonds. The van der Waals surface area contributed by atoms with E-state index in [9.17, 15) is 0 Å². The van der Waals surface area contributed by atoms with Crippen LogP contribution in [0.4, 0.5) is 0 Å². The number of rotatable bonds is 9. The number of nitrogens with zero attached hydrogens (tertiary/aromatic N) is 10.